The van der Waals surface area contributed by atoms with Gasteiger partial charge in [0.2, 0.25) is 0 Å². The topological polar surface area (TPSA) is 61.8 Å². The number of nitrogens with one attached hydrogen (secondary N) is 1. The molecule has 5 heteroatoms. The maximum absolute atomic E-state index is 12.5. The molecule has 1 saturated carbocycles. The van der Waals surface area contributed by atoms with Crippen LogP contribution in [0.4, 0.5) is 4.79 Å². The lowest BCUT2D eigenvalue weighted by Gasteiger charge is -2.40. The van der Waals surface area contributed by atoms with Crippen molar-refractivity contribution in [2.24, 2.45) is 5.92 Å². The van der Waals surface area contributed by atoms with E-state index in [1.54, 1.807) is 0 Å². The lowest BCUT2D eigenvalue weighted by Crippen LogP contribution is -2.51. The number of hydrogen-bond donors (Lipinski definition) is 2. The van der Waals surface area contributed by atoms with E-state index in [9.17, 15) is 9.90 Å². The standard InChI is InChI=1S/C18H34N2O3/c1-13(21)12-19-15-9-6-5-8-14(15)16-10-7-11-20(16)17(22)23-18(2,3)4/h13-16,19,21H,5-12H2,1-4H3. The van der Waals surface area contributed by atoms with E-state index < -0.39 is 5.60 Å². The van der Waals surface area contributed by atoms with Gasteiger partial charge in [0, 0.05) is 25.2 Å². The van der Waals surface area contributed by atoms with Gasteiger partial charge in [0.1, 0.15) is 5.60 Å². The number of ether oxygens (including phenoxy) is 1. The molecule has 1 amide bonds. The van der Waals surface area contributed by atoms with Crippen molar-refractivity contribution < 1.29 is 14.6 Å². The van der Waals surface area contributed by atoms with E-state index in [0.29, 0.717) is 18.5 Å². The average molecular weight is 326 g/mol. The van der Waals surface area contributed by atoms with Gasteiger partial charge in [0.15, 0.2) is 0 Å². The van der Waals surface area contributed by atoms with Crippen LogP contribution in [0.5, 0.6) is 0 Å². The van der Waals surface area contributed by atoms with Crippen molar-refractivity contribution in [3.63, 3.8) is 0 Å². The molecule has 0 spiro atoms. The molecule has 1 saturated heterocycles. The third-order valence-electron chi connectivity index (χ3n) is 4.92. The van der Waals surface area contributed by atoms with Gasteiger partial charge in [0.05, 0.1) is 6.10 Å². The Bertz CT molecular complexity index is 392. The smallest absolute Gasteiger partial charge is 0.410 e. The van der Waals surface area contributed by atoms with Crippen molar-refractivity contribution in [2.75, 3.05) is 13.1 Å². The monoisotopic (exact) mass is 326 g/mol. The molecule has 2 aliphatic rings. The molecule has 0 aromatic carbocycles. The van der Waals surface area contributed by atoms with Crippen molar-refractivity contribution in [3.05, 3.63) is 0 Å². The van der Waals surface area contributed by atoms with Crippen LogP contribution in [0.25, 0.3) is 0 Å². The van der Waals surface area contributed by atoms with E-state index in [-0.39, 0.29) is 18.2 Å². The van der Waals surface area contributed by atoms with Gasteiger partial charge in [-0.3, -0.25) is 0 Å². The molecule has 134 valence electrons. The number of carbonyl (C=O) groups is 1. The summed E-state index contributed by atoms with van der Waals surface area (Å²) in [4.78, 5) is 14.5. The van der Waals surface area contributed by atoms with Crippen molar-refractivity contribution in [2.45, 2.75) is 90.0 Å². The van der Waals surface area contributed by atoms with Crippen LogP contribution >= 0.6 is 0 Å². The predicted octanol–water partition coefficient (Wildman–Crippen LogP) is 2.92. The van der Waals surface area contributed by atoms with Crippen LogP contribution in [0.2, 0.25) is 0 Å². The molecule has 2 fully saturated rings. The average Bonchev–Trinajstić information content (AvgIpc) is 2.93. The maximum Gasteiger partial charge on any atom is 0.410 e. The zero-order valence-electron chi connectivity index (χ0n) is 15.2. The Hall–Kier alpha value is -0.810. The summed E-state index contributed by atoms with van der Waals surface area (Å²) in [6.07, 6.45) is 6.38. The van der Waals surface area contributed by atoms with Crippen LogP contribution in [0.1, 0.15) is 66.2 Å². The van der Waals surface area contributed by atoms with Crippen LogP contribution in [-0.4, -0.2) is 53.0 Å². The number of rotatable bonds is 4. The van der Waals surface area contributed by atoms with Gasteiger partial charge in [-0.1, -0.05) is 12.8 Å². The van der Waals surface area contributed by atoms with E-state index in [4.69, 9.17) is 4.74 Å². The third kappa shape index (κ3) is 5.35. The quantitative estimate of drug-likeness (QED) is 0.834. The largest absolute Gasteiger partial charge is 0.444 e. The van der Waals surface area contributed by atoms with E-state index in [1.165, 1.54) is 12.8 Å². The number of likely N-dealkylation sites (tertiary alicyclic amines) is 1. The van der Waals surface area contributed by atoms with Crippen molar-refractivity contribution >= 4 is 6.09 Å². The molecule has 4 unspecified atom stereocenters. The van der Waals surface area contributed by atoms with Crippen LogP contribution in [0.3, 0.4) is 0 Å². The summed E-state index contributed by atoms with van der Waals surface area (Å²) in [5, 5.41) is 13.1. The van der Waals surface area contributed by atoms with Gasteiger partial charge >= 0.3 is 6.09 Å². The highest BCUT2D eigenvalue weighted by atomic mass is 16.6. The Balaban J connectivity index is 2.02. The predicted molar refractivity (Wildman–Crippen MR) is 91.4 cm³/mol. The van der Waals surface area contributed by atoms with E-state index in [0.717, 1.165) is 32.2 Å². The van der Waals surface area contributed by atoms with Crippen molar-refractivity contribution in [1.29, 1.82) is 0 Å². The molecular weight excluding hydrogens is 292 g/mol. The minimum absolute atomic E-state index is 0.167. The number of nitrogens with zero attached hydrogens (tertiary/aromatic N) is 1. The second kappa shape index (κ2) is 7.84. The Kier molecular flexibility index (Phi) is 6.32. The van der Waals surface area contributed by atoms with Crippen LogP contribution < -0.4 is 5.32 Å². The summed E-state index contributed by atoms with van der Waals surface area (Å²) in [7, 11) is 0. The molecule has 0 aromatic rings. The number of hydrogen-bond acceptors (Lipinski definition) is 4. The highest BCUT2D eigenvalue weighted by Gasteiger charge is 2.40. The van der Waals surface area contributed by atoms with Gasteiger partial charge in [-0.25, -0.2) is 4.79 Å². The van der Waals surface area contributed by atoms with Gasteiger partial charge in [-0.2, -0.15) is 0 Å². The second-order valence-electron chi connectivity index (χ2n) is 8.20. The van der Waals surface area contributed by atoms with E-state index >= 15 is 0 Å². The first-order valence-corrected chi connectivity index (χ1v) is 9.19. The summed E-state index contributed by atoms with van der Waals surface area (Å²) in [5.41, 5.74) is -0.444. The third-order valence-corrected chi connectivity index (χ3v) is 4.92. The molecule has 23 heavy (non-hydrogen) atoms. The van der Waals surface area contributed by atoms with Crippen LogP contribution in [0, 0.1) is 5.92 Å². The summed E-state index contributed by atoms with van der Waals surface area (Å²) < 4.78 is 5.60. The first-order valence-electron chi connectivity index (χ1n) is 9.19. The SMILES string of the molecule is CC(O)CNC1CCCCC1C1CCCN1C(=O)OC(C)(C)C. The molecule has 0 bridgehead atoms. The number of aliphatic hydroxyl groups excluding tert-OH is 1. The maximum atomic E-state index is 12.5. The van der Waals surface area contributed by atoms with Crippen molar-refractivity contribution in [1.82, 2.24) is 10.2 Å². The Morgan fingerprint density at radius 2 is 1.96 bits per heavy atom. The lowest BCUT2D eigenvalue weighted by molar-refractivity contribution is 0.0128. The highest BCUT2D eigenvalue weighted by Crippen LogP contribution is 2.35. The van der Waals surface area contributed by atoms with Gasteiger partial charge in [-0.05, 0) is 59.3 Å². The fraction of sp³-hybridized carbons (Fsp3) is 0.944. The van der Waals surface area contributed by atoms with Gasteiger partial charge < -0.3 is 20.1 Å². The normalized spacial score (nSPS) is 30.3. The Labute approximate surface area is 140 Å². The fourth-order valence-corrected chi connectivity index (χ4v) is 3.98. The second-order valence-corrected chi connectivity index (χ2v) is 8.20. The zero-order chi connectivity index (χ0) is 17.0. The summed E-state index contributed by atoms with van der Waals surface area (Å²) in [5.74, 6) is 0.470. The molecule has 4 atom stereocenters. The van der Waals surface area contributed by atoms with E-state index in [1.807, 2.05) is 32.6 Å². The van der Waals surface area contributed by atoms with Gasteiger partial charge in [0.25, 0.3) is 0 Å². The van der Waals surface area contributed by atoms with E-state index in [2.05, 4.69) is 5.32 Å². The summed E-state index contributed by atoms with van der Waals surface area (Å²) in [6, 6.07) is 0.669. The molecule has 2 N–H and O–H groups in total. The van der Waals surface area contributed by atoms with Gasteiger partial charge in [-0.15, -0.1) is 0 Å². The molecule has 2 rings (SSSR count). The van der Waals surface area contributed by atoms with Crippen LogP contribution in [-0.2, 0) is 4.74 Å². The molecule has 1 aliphatic heterocycles. The molecule has 5 nitrogen and oxygen atoms in total. The molecule has 1 aliphatic carbocycles. The molecule has 1 heterocycles. The minimum Gasteiger partial charge on any atom is -0.444 e. The van der Waals surface area contributed by atoms with Crippen LogP contribution in [0.15, 0.2) is 0 Å². The first-order chi connectivity index (χ1) is 10.8. The lowest BCUT2D eigenvalue weighted by atomic mass is 9.79. The van der Waals surface area contributed by atoms with Crippen molar-refractivity contribution in [3.8, 4) is 0 Å². The number of aliphatic hydroxyl groups is 1. The number of carbonyl (C=O) groups excluding carboxylic acids is 1. The Morgan fingerprint density at radius 3 is 2.61 bits per heavy atom. The summed E-state index contributed by atoms with van der Waals surface area (Å²) in [6.45, 7) is 9.00. The number of amides is 1. The molecule has 0 radical (unpaired) electrons. The molecule has 0 aromatic heterocycles. The summed E-state index contributed by atoms with van der Waals surface area (Å²) >= 11 is 0. The first kappa shape index (κ1) is 18.5. The highest BCUT2D eigenvalue weighted by molar-refractivity contribution is 5.69. The Morgan fingerprint density at radius 1 is 1.26 bits per heavy atom. The zero-order valence-corrected chi connectivity index (χ0v) is 15.2. The molecular formula is C18H34N2O3. The fourth-order valence-electron chi connectivity index (χ4n) is 3.98. The minimum atomic E-state index is -0.444.